The van der Waals surface area contributed by atoms with Crippen LogP contribution in [0.2, 0.25) is 0 Å². The van der Waals surface area contributed by atoms with Gasteiger partial charge in [-0.1, -0.05) is 69.3 Å². The molecule has 2 aromatic carbocycles. The third-order valence-electron chi connectivity index (χ3n) is 5.13. The maximum absolute atomic E-state index is 13.2. The molecule has 0 radical (unpaired) electrons. The van der Waals surface area contributed by atoms with Gasteiger partial charge in [0.1, 0.15) is 6.04 Å². The zero-order valence-electron chi connectivity index (χ0n) is 17.2. The summed E-state index contributed by atoms with van der Waals surface area (Å²) < 4.78 is 1.30. The molecule has 5 nitrogen and oxygen atoms in total. The molecule has 0 saturated heterocycles. The lowest BCUT2D eigenvalue weighted by atomic mass is 10.0. The van der Waals surface area contributed by atoms with Crippen LogP contribution in [0.5, 0.6) is 0 Å². The van der Waals surface area contributed by atoms with Gasteiger partial charge in [-0.25, -0.2) is 4.68 Å². The van der Waals surface area contributed by atoms with Crippen molar-refractivity contribution >= 4 is 11.6 Å². The van der Waals surface area contributed by atoms with E-state index in [1.54, 1.807) is 6.07 Å². The summed E-state index contributed by atoms with van der Waals surface area (Å²) in [5.74, 6) is -0.220. The highest BCUT2D eigenvalue weighted by Gasteiger charge is 2.23. The third kappa shape index (κ3) is 4.45. The molecule has 0 unspecified atom stereocenters. The molecule has 1 aromatic heterocycles. The molecule has 0 aliphatic carbocycles. The van der Waals surface area contributed by atoms with Gasteiger partial charge in [0.25, 0.3) is 5.56 Å². The van der Waals surface area contributed by atoms with Gasteiger partial charge in [0, 0.05) is 17.3 Å². The maximum atomic E-state index is 13.2. The van der Waals surface area contributed by atoms with E-state index >= 15 is 0 Å². The number of hydrogen-bond acceptors (Lipinski definition) is 3. The first-order chi connectivity index (χ1) is 14.1. The van der Waals surface area contributed by atoms with Crippen molar-refractivity contribution in [3.8, 4) is 11.3 Å². The number of para-hydroxylation sites is 1. The summed E-state index contributed by atoms with van der Waals surface area (Å²) >= 11 is 0. The summed E-state index contributed by atoms with van der Waals surface area (Å²) in [5, 5.41) is 7.58. The summed E-state index contributed by atoms with van der Waals surface area (Å²) in [5.41, 5.74) is 4.32. The van der Waals surface area contributed by atoms with Gasteiger partial charge < -0.3 is 5.32 Å². The summed E-state index contributed by atoms with van der Waals surface area (Å²) in [6.07, 6.45) is 2.11. The van der Waals surface area contributed by atoms with Gasteiger partial charge in [-0.15, -0.1) is 0 Å². The second-order valence-electron chi connectivity index (χ2n) is 6.94. The van der Waals surface area contributed by atoms with Crippen molar-refractivity contribution in [3.63, 3.8) is 0 Å². The highest BCUT2D eigenvalue weighted by molar-refractivity contribution is 5.95. The molecule has 1 N–H and O–H groups in total. The number of hydrogen-bond donors (Lipinski definition) is 1. The largest absolute Gasteiger partial charge is 0.324 e. The van der Waals surface area contributed by atoms with Crippen molar-refractivity contribution in [2.45, 2.75) is 46.1 Å². The van der Waals surface area contributed by atoms with Crippen molar-refractivity contribution in [1.82, 2.24) is 9.78 Å². The quantitative estimate of drug-likeness (QED) is 0.641. The van der Waals surface area contributed by atoms with Crippen LogP contribution in [0.15, 0.2) is 65.5 Å². The highest BCUT2D eigenvalue weighted by Crippen LogP contribution is 2.24. The van der Waals surface area contributed by atoms with Crippen molar-refractivity contribution in [2.75, 3.05) is 5.32 Å². The molecule has 0 spiro atoms. The van der Waals surface area contributed by atoms with Crippen LogP contribution in [-0.4, -0.2) is 15.7 Å². The van der Waals surface area contributed by atoms with E-state index in [-0.39, 0.29) is 11.5 Å². The maximum Gasteiger partial charge on any atom is 0.267 e. The molecule has 1 amide bonds. The van der Waals surface area contributed by atoms with E-state index in [1.807, 2.05) is 55.5 Å². The summed E-state index contributed by atoms with van der Waals surface area (Å²) in [4.78, 5) is 25.7. The lowest BCUT2D eigenvalue weighted by molar-refractivity contribution is -0.119. The van der Waals surface area contributed by atoms with E-state index < -0.39 is 6.04 Å². The third-order valence-corrected chi connectivity index (χ3v) is 5.13. The minimum absolute atomic E-state index is 0.220. The van der Waals surface area contributed by atoms with Crippen LogP contribution in [0.4, 0.5) is 5.69 Å². The van der Waals surface area contributed by atoms with Gasteiger partial charge in [0.2, 0.25) is 5.91 Å². The molecule has 5 heteroatoms. The smallest absolute Gasteiger partial charge is 0.267 e. The van der Waals surface area contributed by atoms with E-state index in [1.165, 1.54) is 10.7 Å². The zero-order valence-corrected chi connectivity index (χ0v) is 17.2. The van der Waals surface area contributed by atoms with Crippen LogP contribution >= 0.6 is 0 Å². The Hall–Kier alpha value is -3.21. The van der Waals surface area contributed by atoms with Crippen LogP contribution in [0.25, 0.3) is 11.3 Å². The first-order valence-corrected chi connectivity index (χ1v) is 10.2. The predicted molar refractivity (Wildman–Crippen MR) is 117 cm³/mol. The number of amides is 1. The molecule has 29 heavy (non-hydrogen) atoms. The Kier molecular flexibility index (Phi) is 6.60. The molecule has 0 aliphatic heterocycles. The van der Waals surface area contributed by atoms with Crippen LogP contribution in [0.3, 0.4) is 0 Å². The molecule has 0 aliphatic rings. The Morgan fingerprint density at radius 1 is 0.931 bits per heavy atom. The molecule has 1 atom stereocenters. The van der Waals surface area contributed by atoms with Gasteiger partial charge >= 0.3 is 0 Å². The second-order valence-corrected chi connectivity index (χ2v) is 6.94. The number of aryl methyl sites for hydroxylation is 2. The van der Waals surface area contributed by atoms with E-state index in [4.69, 9.17) is 0 Å². The van der Waals surface area contributed by atoms with E-state index in [0.717, 1.165) is 35.2 Å². The molecule has 0 fully saturated rings. The van der Waals surface area contributed by atoms with Gasteiger partial charge in [0.05, 0.1) is 5.69 Å². The fourth-order valence-corrected chi connectivity index (χ4v) is 3.49. The molecule has 3 rings (SSSR count). The Bertz CT molecular complexity index is 1020. The van der Waals surface area contributed by atoms with Crippen LogP contribution in [0.1, 0.15) is 44.4 Å². The number of nitrogens with zero attached hydrogens (tertiary/aromatic N) is 2. The normalized spacial score (nSPS) is 11.8. The summed E-state index contributed by atoms with van der Waals surface area (Å²) in [6.45, 7) is 6.02. The van der Waals surface area contributed by atoms with Crippen molar-refractivity contribution < 1.29 is 4.79 Å². The minimum Gasteiger partial charge on any atom is -0.324 e. The highest BCUT2D eigenvalue weighted by atomic mass is 16.2. The van der Waals surface area contributed by atoms with E-state index in [0.29, 0.717) is 12.1 Å². The van der Waals surface area contributed by atoms with Gasteiger partial charge in [0.15, 0.2) is 0 Å². The predicted octanol–water partition coefficient (Wildman–Crippen LogP) is 4.62. The molecule has 0 bridgehead atoms. The molecule has 1 heterocycles. The van der Waals surface area contributed by atoms with Gasteiger partial charge in [-0.05, 0) is 36.5 Å². The monoisotopic (exact) mass is 389 g/mol. The standard InChI is InChI=1S/C24H27N3O2/c1-4-17-13-10-14-18(5-2)23(17)25-24(29)21(6-3)27-22(28)16-15-20(26-27)19-11-8-7-9-12-19/h7-16,21H,4-6H2,1-3H3,(H,25,29)/t21-/m1/s1. The Morgan fingerprint density at radius 3 is 2.17 bits per heavy atom. The van der Waals surface area contributed by atoms with Gasteiger partial charge in [-0.2, -0.15) is 5.10 Å². The van der Waals surface area contributed by atoms with Crippen LogP contribution < -0.4 is 10.9 Å². The number of nitrogens with one attached hydrogen (secondary N) is 1. The molecule has 3 aromatic rings. The molecular weight excluding hydrogens is 362 g/mol. The summed E-state index contributed by atoms with van der Waals surface area (Å²) in [6, 6.07) is 18.2. The summed E-state index contributed by atoms with van der Waals surface area (Å²) in [7, 11) is 0. The first kappa shape index (κ1) is 20.5. The van der Waals surface area contributed by atoms with E-state index in [2.05, 4.69) is 24.3 Å². The lowest BCUT2D eigenvalue weighted by Crippen LogP contribution is -2.35. The second kappa shape index (κ2) is 9.32. The Balaban J connectivity index is 1.96. The van der Waals surface area contributed by atoms with Crippen molar-refractivity contribution in [3.05, 3.63) is 82.1 Å². The fourth-order valence-electron chi connectivity index (χ4n) is 3.49. The lowest BCUT2D eigenvalue weighted by Gasteiger charge is -2.20. The van der Waals surface area contributed by atoms with Crippen LogP contribution in [0, 0.1) is 0 Å². The average Bonchev–Trinajstić information content (AvgIpc) is 2.76. The number of aromatic nitrogens is 2. The first-order valence-electron chi connectivity index (χ1n) is 10.2. The van der Waals surface area contributed by atoms with Crippen molar-refractivity contribution in [1.29, 1.82) is 0 Å². The molecule has 150 valence electrons. The van der Waals surface area contributed by atoms with Gasteiger partial charge in [-0.3, -0.25) is 9.59 Å². The number of carbonyl (C=O) groups excluding carboxylic acids is 1. The Morgan fingerprint density at radius 2 is 1.59 bits per heavy atom. The average molecular weight is 389 g/mol. The zero-order chi connectivity index (χ0) is 20.8. The number of benzene rings is 2. The Labute approximate surface area is 171 Å². The minimum atomic E-state index is -0.680. The fraction of sp³-hybridized carbons (Fsp3) is 0.292. The van der Waals surface area contributed by atoms with E-state index in [9.17, 15) is 9.59 Å². The van der Waals surface area contributed by atoms with Crippen molar-refractivity contribution in [2.24, 2.45) is 0 Å². The SMILES string of the molecule is CCc1cccc(CC)c1NC(=O)[C@@H](CC)n1nc(-c2ccccc2)ccc1=O. The number of carbonyl (C=O) groups is 1. The number of rotatable bonds is 7. The molecule has 0 saturated carbocycles. The number of anilines is 1. The van der Waals surface area contributed by atoms with Crippen LogP contribution in [-0.2, 0) is 17.6 Å². The molecular formula is C24H27N3O2. The topological polar surface area (TPSA) is 64.0 Å².